The first-order valence-corrected chi connectivity index (χ1v) is 19.5. The van der Waals surface area contributed by atoms with Gasteiger partial charge in [-0.25, -0.2) is 9.59 Å². The fourth-order valence-corrected chi connectivity index (χ4v) is 8.06. The van der Waals surface area contributed by atoms with E-state index in [1.165, 1.54) is 0 Å². The van der Waals surface area contributed by atoms with Gasteiger partial charge in [0.05, 0.1) is 24.1 Å². The van der Waals surface area contributed by atoms with E-state index < -0.39 is 35.6 Å². The second kappa shape index (κ2) is 18.8. The Morgan fingerprint density at radius 3 is 2.25 bits per heavy atom. The third kappa shape index (κ3) is 9.57. The minimum absolute atomic E-state index is 0.0900. The molecule has 3 atom stereocenters. The molecule has 0 spiro atoms. The molecule has 1 fully saturated rings. The number of para-hydroxylation sites is 1. The van der Waals surface area contributed by atoms with E-state index in [4.69, 9.17) is 9.47 Å². The van der Waals surface area contributed by atoms with Crippen molar-refractivity contribution in [3.8, 4) is 11.1 Å². The predicted molar refractivity (Wildman–Crippen MR) is 216 cm³/mol. The van der Waals surface area contributed by atoms with Gasteiger partial charge in [0.25, 0.3) is 0 Å². The largest absolute Gasteiger partial charge is 0.462 e. The Kier molecular flexibility index (Phi) is 13.4. The number of carbonyl (C=O) groups excluding carboxylic acids is 4. The van der Waals surface area contributed by atoms with Crippen molar-refractivity contribution in [1.29, 1.82) is 0 Å². The number of amides is 3. The molecule has 6 rings (SSSR count). The summed E-state index contributed by atoms with van der Waals surface area (Å²) in [7, 11) is 0. The van der Waals surface area contributed by atoms with E-state index >= 15 is 0 Å². The smallest absolute Gasteiger partial charge is 0.407 e. The van der Waals surface area contributed by atoms with Gasteiger partial charge >= 0.3 is 12.1 Å². The number of aromatic amines is 1. The van der Waals surface area contributed by atoms with E-state index in [0.29, 0.717) is 25.7 Å². The number of hydrogen-bond donors (Lipinski definition) is 5. The Labute approximate surface area is 327 Å². The number of hydrogen-bond acceptors (Lipinski definition) is 7. The van der Waals surface area contributed by atoms with E-state index in [1.807, 2.05) is 66.9 Å². The van der Waals surface area contributed by atoms with Crippen molar-refractivity contribution in [2.45, 2.75) is 81.3 Å². The molecule has 0 radical (unpaired) electrons. The lowest BCUT2D eigenvalue weighted by Gasteiger charge is -2.29. The van der Waals surface area contributed by atoms with Crippen LogP contribution in [0.15, 0.2) is 104 Å². The lowest BCUT2D eigenvalue weighted by molar-refractivity contribution is -0.147. The molecule has 11 nitrogen and oxygen atoms in total. The van der Waals surface area contributed by atoms with Crippen LogP contribution in [-0.2, 0) is 30.3 Å². The van der Waals surface area contributed by atoms with E-state index in [1.54, 1.807) is 12.2 Å². The second-order valence-electron chi connectivity index (χ2n) is 14.9. The van der Waals surface area contributed by atoms with E-state index in [2.05, 4.69) is 46.2 Å². The third-order valence-corrected chi connectivity index (χ3v) is 11.0. The van der Waals surface area contributed by atoms with Gasteiger partial charge in [0, 0.05) is 29.4 Å². The number of alkyl carbamates (subject to hydrolysis) is 1. The molecule has 3 aromatic carbocycles. The fraction of sp³-hybridized carbons (Fsp3) is 0.378. The van der Waals surface area contributed by atoms with Crippen molar-refractivity contribution in [2.24, 2.45) is 5.92 Å². The summed E-state index contributed by atoms with van der Waals surface area (Å²) in [5, 5.41) is 19.7. The number of esters is 1. The maximum atomic E-state index is 13.8. The van der Waals surface area contributed by atoms with Gasteiger partial charge in [-0.3, -0.25) is 9.59 Å². The quantitative estimate of drug-likeness (QED) is 0.0531. The van der Waals surface area contributed by atoms with Gasteiger partial charge in [0.1, 0.15) is 19.3 Å². The van der Waals surface area contributed by atoms with Gasteiger partial charge in [0.2, 0.25) is 11.8 Å². The summed E-state index contributed by atoms with van der Waals surface area (Å²) in [5.74, 6) is -2.25. The Morgan fingerprint density at radius 1 is 0.893 bits per heavy atom. The van der Waals surface area contributed by atoms with Gasteiger partial charge in [-0.05, 0) is 72.4 Å². The summed E-state index contributed by atoms with van der Waals surface area (Å²) < 4.78 is 11.6. The molecule has 11 heteroatoms. The predicted octanol–water partition coefficient (Wildman–Crippen LogP) is 6.62. The van der Waals surface area contributed by atoms with Crippen LogP contribution < -0.4 is 16.0 Å². The average molecular weight is 761 g/mol. The number of aliphatic hydroxyl groups excluding tert-OH is 1. The Bertz CT molecular complexity index is 1990. The maximum absolute atomic E-state index is 13.8. The van der Waals surface area contributed by atoms with Crippen molar-refractivity contribution in [3.05, 3.63) is 121 Å². The van der Waals surface area contributed by atoms with Crippen molar-refractivity contribution in [2.75, 3.05) is 19.8 Å². The number of carbonyl (C=O) groups is 4. The second-order valence-corrected chi connectivity index (χ2v) is 14.9. The van der Waals surface area contributed by atoms with Crippen molar-refractivity contribution in [3.63, 3.8) is 0 Å². The number of nitrogens with one attached hydrogen (secondary N) is 4. The SMILES string of the molecule is C=CCC[C@H](NC(=O)OCC1c2ccccc2-c2ccccc21)C(=O)OC[C@H](Cc1c[nH]c2ccccc12)NC(=O)[C@H](CC=C)CC(=O)NC1(CO)CCCC1. The number of fused-ring (bicyclic) bond motifs is 4. The van der Waals surface area contributed by atoms with Gasteiger partial charge in [-0.1, -0.05) is 91.7 Å². The first-order chi connectivity index (χ1) is 27.2. The zero-order valence-electron chi connectivity index (χ0n) is 31.8. The lowest BCUT2D eigenvalue weighted by atomic mass is 9.95. The molecule has 1 heterocycles. The lowest BCUT2D eigenvalue weighted by Crippen LogP contribution is -2.50. The molecule has 5 N–H and O–H groups in total. The normalized spacial score (nSPS) is 15.8. The summed E-state index contributed by atoms with van der Waals surface area (Å²) in [6, 6.07) is 22.2. The highest BCUT2D eigenvalue weighted by molar-refractivity contribution is 5.87. The molecule has 1 saturated carbocycles. The summed E-state index contributed by atoms with van der Waals surface area (Å²) in [4.78, 5) is 57.1. The van der Waals surface area contributed by atoms with Crippen LogP contribution in [0.4, 0.5) is 4.79 Å². The molecule has 1 aromatic heterocycles. The third-order valence-electron chi connectivity index (χ3n) is 11.0. The van der Waals surface area contributed by atoms with E-state index in [0.717, 1.165) is 51.6 Å². The highest BCUT2D eigenvalue weighted by Gasteiger charge is 2.36. The molecule has 294 valence electrons. The maximum Gasteiger partial charge on any atom is 0.407 e. The highest BCUT2D eigenvalue weighted by Crippen LogP contribution is 2.44. The van der Waals surface area contributed by atoms with Crippen LogP contribution in [0.3, 0.4) is 0 Å². The van der Waals surface area contributed by atoms with E-state index in [-0.39, 0.29) is 56.8 Å². The average Bonchev–Trinajstić information content (AvgIpc) is 3.94. The van der Waals surface area contributed by atoms with Gasteiger partial charge < -0.3 is 35.5 Å². The van der Waals surface area contributed by atoms with Crippen LogP contribution in [0.5, 0.6) is 0 Å². The highest BCUT2D eigenvalue weighted by atomic mass is 16.6. The minimum Gasteiger partial charge on any atom is -0.462 e. The topological polar surface area (TPSA) is 159 Å². The molecule has 0 bridgehead atoms. The zero-order valence-corrected chi connectivity index (χ0v) is 31.8. The zero-order chi connectivity index (χ0) is 39.5. The molecule has 56 heavy (non-hydrogen) atoms. The van der Waals surface area contributed by atoms with Crippen LogP contribution in [0.2, 0.25) is 0 Å². The van der Waals surface area contributed by atoms with Crippen LogP contribution in [0.1, 0.15) is 74.0 Å². The van der Waals surface area contributed by atoms with Gasteiger partial charge in [-0.15, -0.1) is 13.2 Å². The van der Waals surface area contributed by atoms with Gasteiger partial charge in [0.15, 0.2) is 0 Å². The van der Waals surface area contributed by atoms with Crippen LogP contribution in [0, 0.1) is 5.92 Å². The molecule has 2 aliphatic rings. The Balaban J connectivity index is 1.11. The summed E-state index contributed by atoms with van der Waals surface area (Å²) >= 11 is 0. The molecule has 0 saturated heterocycles. The molecular formula is C45H52N4O7. The number of H-pyrrole nitrogens is 1. The molecular weight excluding hydrogens is 709 g/mol. The van der Waals surface area contributed by atoms with Crippen molar-refractivity contribution in [1.82, 2.24) is 20.9 Å². The van der Waals surface area contributed by atoms with Crippen LogP contribution >= 0.6 is 0 Å². The number of aliphatic hydroxyl groups is 1. The molecule has 0 aliphatic heterocycles. The first kappa shape index (κ1) is 40.0. The monoisotopic (exact) mass is 760 g/mol. The number of allylic oxidation sites excluding steroid dienone is 2. The Morgan fingerprint density at radius 2 is 1.57 bits per heavy atom. The number of ether oxygens (including phenoxy) is 2. The number of aromatic nitrogens is 1. The molecule has 2 aliphatic carbocycles. The number of benzene rings is 3. The standard InChI is InChI=1S/C45H52N4O7/c1-3-5-20-40(48-44(54)56-28-38-36-18-8-6-16-34(36)35-17-7-9-19-37(35)38)43(53)55-27-32(24-31-26-46-39-21-11-10-15-33(31)39)47-42(52)30(14-4-2)25-41(51)49-45(29-50)22-12-13-23-45/h3-4,6-11,15-19,21,26,30,32,38,40,46,50H,1-2,5,12-14,20,22-25,27-29H2,(H,47,52)(H,48,54)(H,49,51)/t30-,32+,40+/m1/s1. The molecule has 0 unspecified atom stereocenters. The van der Waals surface area contributed by atoms with Crippen molar-refractivity contribution < 1.29 is 33.8 Å². The summed E-state index contributed by atoms with van der Waals surface area (Å²) in [6.45, 7) is 7.32. The van der Waals surface area contributed by atoms with Gasteiger partial charge in [-0.2, -0.15) is 0 Å². The van der Waals surface area contributed by atoms with Crippen LogP contribution in [0.25, 0.3) is 22.0 Å². The van der Waals surface area contributed by atoms with E-state index in [9.17, 15) is 24.3 Å². The van der Waals surface area contributed by atoms with Crippen molar-refractivity contribution >= 4 is 34.8 Å². The molecule has 3 amide bonds. The van der Waals surface area contributed by atoms with Crippen LogP contribution in [-0.4, -0.2) is 71.4 Å². The Hall–Kier alpha value is -5.68. The fourth-order valence-electron chi connectivity index (χ4n) is 8.06. The minimum atomic E-state index is -1.03. The first-order valence-electron chi connectivity index (χ1n) is 19.5. The number of rotatable bonds is 19. The summed E-state index contributed by atoms with van der Waals surface area (Å²) in [5.41, 5.74) is 5.54. The summed E-state index contributed by atoms with van der Waals surface area (Å²) in [6.07, 6.45) is 8.74. The molecule has 4 aromatic rings.